The van der Waals surface area contributed by atoms with Crippen molar-refractivity contribution in [3.63, 3.8) is 0 Å². The summed E-state index contributed by atoms with van der Waals surface area (Å²) < 4.78 is 5.10. The maximum Gasteiger partial charge on any atom is 0.273 e. The highest BCUT2D eigenvalue weighted by atomic mass is 35.5. The third-order valence-corrected chi connectivity index (χ3v) is 2.41. The molecule has 1 fully saturated rings. The van der Waals surface area contributed by atoms with Crippen LogP contribution in [0.15, 0.2) is 6.20 Å². The van der Waals surface area contributed by atoms with Crippen LogP contribution in [0.2, 0.25) is 0 Å². The largest absolute Gasteiger partial charge is 0.378 e. The van der Waals surface area contributed by atoms with Crippen LogP contribution in [0.25, 0.3) is 0 Å². The number of nitrogens with zero attached hydrogens (tertiary/aromatic N) is 2. The van der Waals surface area contributed by atoms with Crippen LogP contribution in [-0.2, 0) is 4.74 Å². The zero-order chi connectivity index (χ0) is 9.97. The molecule has 2 N–H and O–H groups in total. The Morgan fingerprint density at radius 1 is 1.71 bits per heavy atom. The van der Waals surface area contributed by atoms with Gasteiger partial charge in [0.1, 0.15) is 0 Å². The van der Waals surface area contributed by atoms with Gasteiger partial charge in [-0.25, -0.2) is 0 Å². The molecule has 2 heterocycles. The summed E-state index contributed by atoms with van der Waals surface area (Å²) in [4.78, 5) is 11.5. The Balaban J connectivity index is 1.95. The summed E-state index contributed by atoms with van der Waals surface area (Å²) in [6, 6.07) is -0.152. The molecule has 14 heavy (non-hydrogen) atoms. The lowest BCUT2D eigenvalue weighted by atomic mass is 10.2. The third kappa shape index (κ3) is 1.85. The molecule has 0 saturated carbocycles. The molecule has 1 aromatic rings. The van der Waals surface area contributed by atoms with Crippen molar-refractivity contribution in [2.24, 2.45) is 0 Å². The smallest absolute Gasteiger partial charge is 0.273 e. The van der Waals surface area contributed by atoms with Crippen molar-refractivity contribution in [2.45, 2.75) is 11.4 Å². The Labute approximate surface area is 85.0 Å². The van der Waals surface area contributed by atoms with Crippen LogP contribution in [0.3, 0.4) is 0 Å². The molecule has 1 aliphatic heterocycles. The second kappa shape index (κ2) is 3.93. The number of nitrogens with one attached hydrogen (secondary N) is 2. The number of amides is 1. The van der Waals surface area contributed by atoms with Crippen LogP contribution in [0, 0.1) is 0 Å². The molecule has 2 rings (SSSR count). The van der Waals surface area contributed by atoms with Crippen molar-refractivity contribution >= 4 is 17.5 Å². The quantitative estimate of drug-likeness (QED) is 0.656. The van der Waals surface area contributed by atoms with E-state index >= 15 is 0 Å². The van der Waals surface area contributed by atoms with Crippen molar-refractivity contribution in [3.8, 4) is 0 Å². The van der Waals surface area contributed by atoms with Crippen molar-refractivity contribution in [3.05, 3.63) is 11.9 Å². The Morgan fingerprint density at radius 3 is 3.14 bits per heavy atom. The number of hydrogen-bond acceptors (Lipinski definition) is 4. The molecule has 1 saturated heterocycles. The highest BCUT2D eigenvalue weighted by molar-refractivity contribution is 6.21. The molecule has 2 unspecified atom stereocenters. The van der Waals surface area contributed by atoms with Crippen LogP contribution in [0.1, 0.15) is 10.5 Å². The molecule has 1 aliphatic rings. The maximum absolute atomic E-state index is 11.5. The Hall–Kier alpha value is -1.14. The number of carbonyl (C=O) groups excluding carboxylic acids is 1. The first-order valence-electron chi connectivity index (χ1n) is 4.16. The van der Waals surface area contributed by atoms with Crippen LogP contribution >= 0.6 is 11.6 Å². The molecule has 7 heteroatoms. The van der Waals surface area contributed by atoms with Gasteiger partial charge in [0.25, 0.3) is 5.91 Å². The van der Waals surface area contributed by atoms with Gasteiger partial charge in [-0.1, -0.05) is 0 Å². The van der Waals surface area contributed by atoms with E-state index in [2.05, 4.69) is 20.7 Å². The van der Waals surface area contributed by atoms with Gasteiger partial charge >= 0.3 is 0 Å². The Bertz CT molecular complexity index is 315. The summed E-state index contributed by atoms with van der Waals surface area (Å²) in [5, 5.41) is 12.1. The van der Waals surface area contributed by atoms with E-state index in [4.69, 9.17) is 16.3 Å². The maximum atomic E-state index is 11.5. The summed E-state index contributed by atoms with van der Waals surface area (Å²) in [6.45, 7) is 0.906. The van der Waals surface area contributed by atoms with Crippen molar-refractivity contribution < 1.29 is 9.53 Å². The second-order valence-corrected chi connectivity index (χ2v) is 3.55. The fourth-order valence-electron chi connectivity index (χ4n) is 1.21. The molecule has 0 aromatic carbocycles. The van der Waals surface area contributed by atoms with Gasteiger partial charge in [-0.3, -0.25) is 4.79 Å². The lowest BCUT2D eigenvalue weighted by Gasteiger charge is -2.12. The summed E-state index contributed by atoms with van der Waals surface area (Å²) in [5.41, 5.74) is 0.251. The van der Waals surface area contributed by atoms with Gasteiger partial charge in [0, 0.05) is 0 Å². The molecule has 1 amide bonds. The van der Waals surface area contributed by atoms with Crippen molar-refractivity contribution in [2.75, 3.05) is 13.2 Å². The number of hydrogen-bond donors (Lipinski definition) is 2. The molecule has 0 radical (unpaired) electrons. The molecule has 0 aliphatic carbocycles. The van der Waals surface area contributed by atoms with E-state index in [-0.39, 0.29) is 23.0 Å². The van der Waals surface area contributed by atoms with E-state index in [9.17, 15) is 4.79 Å². The topological polar surface area (TPSA) is 79.9 Å². The summed E-state index contributed by atoms with van der Waals surface area (Å²) in [6.07, 6.45) is 1.36. The summed E-state index contributed by atoms with van der Waals surface area (Å²) in [5.74, 6) is -0.292. The highest BCUT2D eigenvalue weighted by Crippen LogP contribution is 2.12. The first-order chi connectivity index (χ1) is 6.77. The van der Waals surface area contributed by atoms with Gasteiger partial charge in [-0.05, 0) is 0 Å². The summed E-state index contributed by atoms with van der Waals surface area (Å²) in [7, 11) is 0. The number of carbonyl (C=O) groups is 1. The van der Waals surface area contributed by atoms with Crippen LogP contribution in [0.5, 0.6) is 0 Å². The number of aromatic nitrogens is 3. The highest BCUT2D eigenvalue weighted by Gasteiger charge is 2.28. The Morgan fingerprint density at radius 2 is 2.57 bits per heavy atom. The van der Waals surface area contributed by atoms with E-state index in [0.29, 0.717) is 13.2 Å². The SMILES string of the molecule is O=C(NC1COCC1Cl)c1cn[nH]n1. The molecule has 76 valence electrons. The molecular formula is C7H9ClN4O2. The van der Waals surface area contributed by atoms with Gasteiger partial charge < -0.3 is 10.1 Å². The molecule has 6 nitrogen and oxygen atoms in total. The lowest BCUT2D eigenvalue weighted by molar-refractivity contribution is 0.0925. The Kier molecular flexibility index (Phi) is 2.64. The van der Waals surface area contributed by atoms with Crippen molar-refractivity contribution in [1.29, 1.82) is 0 Å². The average molecular weight is 217 g/mol. The van der Waals surface area contributed by atoms with Gasteiger partial charge in [0.05, 0.1) is 30.8 Å². The zero-order valence-corrected chi connectivity index (χ0v) is 7.99. The van der Waals surface area contributed by atoms with Gasteiger partial charge in [0.2, 0.25) is 0 Å². The first kappa shape index (κ1) is 9.42. The van der Waals surface area contributed by atoms with E-state index in [1.165, 1.54) is 6.20 Å². The number of H-pyrrole nitrogens is 1. The molecule has 1 aromatic heterocycles. The number of rotatable bonds is 2. The van der Waals surface area contributed by atoms with Gasteiger partial charge in [0.15, 0.2) is 5.69 Å². The van der Waals surface area contributed by atoms with Crippen LogP contribution < -0.4 is 5.32 Å². The van der Waals surface area contributed by atoms with Gasteiger partial charge in [-0.2, -0.15) is 15.4 Å². The minimum Gasteiger partial charge on any atom is -0.378 e. The number of alkyl halides is 1. The molecule has 2 atom stereocenters. The van der Waals surface area contributed by atoms with E-state index < -0.39 is 0 Å². The first-order valence-corrected chi connectivity index (χ1v) is 4.59. The van der Waals surface area contributed by atoms with Gasteiger partial charge in [-0.15, -0.1) is 11.6 Å². The molecule has 0 bridgehead atoms. The normalized spacial score (nSPS) is 26.4. The monoisotopic (exact) mass is 216 g/mol. The predicted octanol–water partition coefficient (Wildman–Crippen LogP) is -0.459. The van der Waals surface area contributed by atoms with E-state index in [1.807, 2.05) is 0 Å². The zero-order valence-electron chi connectivity index (χ0n) is 7.24. The predicted molar refractivity (Wildman–Crippen MR) is 48.1 cm³/mol. The standard InChI is InChI=1S/C7H9ClN4O2/c8-4-2-14-3-6(4)10-7(13)5-1-9-12-11-5/h1,4,6H,2-3H2,(H,10,13)(H,9,11,12). The number of aromatic amines is 1. The summed E-state index contributed by atoms with van der Waals surface area (Å²) >= 11 is 5.90. The fraction of sp³-hybridized carbons (Fsp3) is 0.571. The lowest BCUT2D eigenvalue weighted by Crippen LogP contribution is -2.40. The van der Waals surface area contributed by atoms with Crippen molar-refractivity contribution in [1.82, 2.24) is 20.7 Å². The second-order valence-electron chi connectivity index (χ2n) is 2.99. The fourth-order valence-corrected chi connectivity index (χ4v) is 1.44. The van der Waals surface area contributed by atoms with E-state index in [1.54, 1.807) is 0 Å². The molecular weight excluding hydrogens is 208 g/mol. The average Bonchev–Trinajstić information content (AvgIpc) is 2.77. The number of halogens is 1. The van der Waals surface area contributed by atoms with Crippen LogP contribution in [0.4, 0.5) is 0 Å². The molecule has 0 spiro atoms. The van der Waals surface area contributed by atoms with Crippen LogP contribution in [-0.4, -0.2) is 46.0 Å². The minimum atomic E-state index is -0.292. The number of ether oxygens (including phenoxy) is 1. The minimum absolute atomic E-state index is 0.152. The van der Waals surface area contributed by atoms with E-state index in [0.717, 1.165) is 0 Å². The third-order valence-electron chi connectivity index (χ3n) is 1.98.